The molecule has 1 unspecified atom stereocenters. The topological polar surface area (TPSA) is 21.3 Å². The van der Waals surface area contributed by atoms with Gasteiger partial charge >= 0.3 is 0 Å². The first-order valence-corrected chi connectivity index (χ1v) is 6.01. The monoisotopic (exact) mass is 231 g/mol. The molecular weight excluding hydrogens is 210 g/mol. The van der Waals surface area contributed by atoms with Crippen molar-refractivity contribution in [2.24, 2.45) is 0 Å². The second-order valence-electron chi connectivity index (χ2n) is 4.21. The van der Waals surface area contributed by atoms with Crippen molar-refractivity contribution in [3.8, 4) is 18.1 Å². The van der Waals surface area contributed by atoms with Gasteiger partial charge in [-0.1, -0.05) is 24.6 Å². The van der Waals surface area contributed by atoms with E-state index in [-0.39, 0.29) is 0 Å². The molecule has 1 aromatic carbocycles. The maximum absolute atomic E-state index is 5.35. The summed E-state index contributed by atoms with van der Waals surface area (Å²) in [6.45, 7) is 5.02. The fourth-order valence-corrected chi connectivity index (χ4v) is 1.80. The van der Waals surface area contributed by atoms with Gasteiger partial charge in [-0.3, -0.25) is 0 Å². The molecule has 0 aliphatic carbocycles. The first-order valence-electron chi connectivity index (χ1n) is 6.01. The lowest BCUT2D eigenvalue weighted by molar-refractivity contribution is 0.404. The van der Waals surface area contributed by atoms with Gasteiger partial charge in [0.1, 0.15) is 5.75 Å². The molecule has 2 heteroatoms. The number of methoxy groups -OCH3 is 1. The summed E-state index contributed by atoms with van der Waals surface area (Å²) in [5.41, 5.74) is 2.43. The Morgan fingerprint density at radius 3 is 2.82 bits per heavy atom. The molecule has 0 radical (unpaired) electrons. The van der Waals surface area contributed by atoms with Gasteiger partial charge in [-0.2, -0.15) is 0 Å². The van der Waals surface area contributed by atoms with Crippen molar-refractivity contribution in [3.63, 3.8) is 0 Å². The average molecular weight is 231 g/mol. The van der Waals surface area contributed by atoms with E-state index in [4.69, 9.17) is 11.2 Å². The SMILES string of the molecule is C#CCC(CC)NCc1cc(C)ccc1OC. The van der Waals surface area contributed by atoms with Gasteiger partial charge in [-0.25, -0.2) is 0 Å². The minimum absolute atomic E-state index is 0.380. The molecule has 1 aromatic rings. The Balaban J connectivity index is 2.67. The van der Waals surface area contributed by atoms with Crippen LogP contribution < -0.4 is 10.1 Å². The molecule has 1 N–H and O–H groups in total. The molecule has 0 saturated heterocycles. The summed E-state index contributed by atoms with van der Waals surface area (Å²) in [6, 6.07) is 6.59. The number of rotatable bonds is 6. The maximum Gasteiger partial charge on any atom is 0.123 e. The molecule has 1 atom stereocenters. The van der Waals surface area contributed by atoms with E-state index < -0.39 is 0 Å². The highest BCUT2D eigenvalue weighted by Crippen LogP contribution is 2.19. The molecule has 92 valence electrons. The van der Waals surface area contributed by atoms with Gasteiger partial charge in [-0.05, 0) is 19.4 Å². The van der Waals surface area contributed by atoms with Crippen LogP contribution in [0.4, 0.5) is 0 Å². The molecule has 17 heavy (non-hydrogen) atoms. The smallest absolute Gasteiger partial charge is 0.123 e. The minimum Gasteiger partial charge on any atom is -0.496 e. The van der Waals surface area contributed by atoms with Crippen molar-refractivity contribution in [1.82, 2.24) is 5.32 Å². The lowest BCUT2D eigenvalue weighted by atomic mass is 10.1. The zero-order chi connectivity index (χ0) is 12.7. The van der Waals surface area contributed by atoms with Gasteiger partial charge in [0, 0.05) is 24.6 Å². The van der Waals surface area contributed by atoms with Crippen LogP contribution in [0.2, 0.25) is 0 Å². The highest BCUT2D eigenvalue weighted by molar-refractivity contribution is 5.36. The fraction of sp³-hybridized carbons (Fsp3) is 0.467. The molecule has 0 spiro atoms. The van der Waals surface area contributed by atoms with E-state index in [1.807, 2.05) is 6.07 Å². The number of hydrogen-bond acceptors (Lipinski definition) is 2. The maximum atomic E-state index is 5.35. The van der Waals surface area contributed by atoms with Crippen molar-refractivity contribution in [1.29, 1.82) is 0 Å². The molecule has 0 saturated carbocycles. The fourth-order valence-electron chi connectivity index (χ4n) is 1.80. The largest absolute Gasteiger partial charge is 0.496 e. The lowest BCUT2D eigenvalue weighted by Gasteiger charge is -2.16. The highest BCUT2D eigenvalue weighted by atomic mass is 16.5. The standard InChI is InChI=1S/C15H21NO/c1-5-7-14(6-2)16-11-13-10-12(3)8-9-15(13)17-4/h1,8-10,14,16H,6-7,11H2,2-4H3. The summed E-state index contributed by atoms with van der Waals surface area (Å²) >= 11 is 0. The zero-order valence-electron chi connectivity index (χ0n) is 10.9. The van der Waals surface area contributed by atoms with E-state index in [9.17, 15) is 0 Å². The van der Waals surface area contributed by atoms with Crippen LogP contribution in [0.15, 0.2) is 18.2 Å². The zero-order valence-corrected chi connectivity index (χ0v) is 10.9. The van der Waals surface area contributed by atoms with Crippen LogP contribution in [-0.2, 0) is 6.54 Å². The van der Waals surface area contributed by atoms with Crippen molar-refractivity contribution >= 4 is 0 Å². The van der Waals surface area contributed by atoms with Crippen molar-refractivity contribution in [2.75, 3.05) is 7.11 Å². The third kappa shape index (κ3) is 4.13. The van der Waals surface area contributed by atoms with Crippen LogP contribution in [0.25, 0.3) is 0 Å². The van der Waals surface area contributed by atoms with E-state index in [1.165, 1.54) is 11.1 Å². The van der Waals surface area contributed by atoms with Gasteiger partial charge in [0.05, 0.1) is 7.11 Å². The van der Waals surface area contributed by atoms with Gasteiger partial charge in [0.15, 0.2) is 0 Å². The first kappa shape index (κ1) is 13.6. The van der Waals surface area contributed by atoms with Crippen LogP contribution >= 0.6 is 0 Å². The first-order chi connectivity index (χ1) is 8.21. The Morgan fingerprint density at radius 1 is 1.47 bits per heavy atom. The van der Waals surface area contributed by atoms with Gasteiger partial charge < -0.3 is 10.1 Å². The predicted octanol–water partition coefficient (Wildman–Crippen LogP) is 2.90. The molecule has 0 amide bonds. The molecule has 0 aromatic heterocycles. The van der Waals surface area contributed by atoms with Crippen LogP contribution in [-0.4, -0.2) is 13.2 Å². The third-order valence-electron chi connectivity index (χ3n) is 2.87. The van der Waals surface area contributed by atoms with Gasteiger partial charge in [0.25, 0.3) is 0 Å². The van der Waals surface area contributed by atoms with Crippen LogP contribution in [0.1, 0.15) is 30.9 Å². The van der Waals surface area contributed by atoms with E-state index in [0.717, 1.165) is 25.1 Å². The lowest BCUT2D eigenvalue weighted by Crippen LogP contribution is -2.27. The normalized spacial score (nSPS) is 11.9. The van der Waals surface area contributed by atoms with E-state index >= 15 is 0 Å². The summed E-state index contributed by atoms with van der Waals surface area (Å²) in [5, 5.41) is 3.47. The molecule has 0 aliphatic heterocycles. The number of ether oxygens (including phenoxy) is 1. The van der Waals surface area contributed by atoms with Crippen LogP contribution in [0.3, 0.4) is 0 Å². The molecule has 0 aliphatic rings. The summed E-state index contributed by atoms with van der Waals surface area (Å²) in [5.74, 6) is 3.63. The van der Waals surface area contributed by atoms with Crippen LogP contribution in [0, 0.1) is 19.3 Å². The minimum atomic E-state index is 0.380. The second-order valence-corrected chi connectivity index (χ2v) is 4.21. The van der Waals surface area contributed by atoms with Gasteiger partial charge in [-0.15, -0.1) is 12.3 Å². The molecule has 0 bridgehead atoms. The van der Waals surface area contributed by atoms with E-state index in [1.54, 1.807) is 7.11 Å². The molecular formula is C15H21NO. The van der Waals surface area contributed by atoms with Crippen LogP contribution in [0.5, 0.6) is 5.75 Å². The molecule has 2 nitrogen and oxygen atoms in total. The predicted molar refractivity (Wildman–Crippen MR) is 72.1 cm³/mol. The second kappa shape index (κ2) is 6.98. The summed E-state index contributed by atoms with van der Waals surface area (Å²) in [6.07, 6.45) is 7.15. The van der Waals surface area contributed by atoms with E-state index in [2.05, 4.69) is 37.2 Å². The Kier molecular flexibility index (Phi) is 5.59. The van der Waals surface area contributed by atoms with Gasteiger partial charge in [0.2, 0.25) is 0 Å². The summed E-state index contributed by atoms with van der Waals surface area (Å²) in [4.78, 5) is 0. The number of terminal acetylenes is 1. The average Bonchev–Trinajstić information content (AvgIpc) is 2.34. The Labute approximate surface area is 104 Å². The Morgan fingerprint density at radius 2 is 2.24 bits per heavy atom. The molecule has 0 fully saturated rings. The third-order valence-corrected chi connectivity index (χ3v) is 2.87. The number of aryl methyl sites for hydroxylation is 1. The summed E-state index contributed by atoms with van der Waals surface area (Å²) < 4.78 is 5.35. The number of benzene rings is 1. The molecule has 0 heterocycles. The summed E-state index contributed by atoms with van der Waals surface area (Å²) in [7, 11) is 1.70. The Bertz CT molecular complexity index is 392. The number of hydrogen-bond donors (Lipinski definition) is 1. The quantitative estimate of drug-likeness (QED) is 0.760. The number of nitrogens with one attached hydrogen (secondary N) is 1. The molecule has 1 rings (SSSR count). The highest BCUT2D eigenvalue weighted by Gasteiger charge is 2.07. The van der Waals surface area contributed by atoms with Crippen molar-refractivity contribution < 1.29 is 4.74 Å². The Hall–Kier alpha value is -1.46. The van der Waals surface area contributed by atoms with E-state index in [0.29, 0.717) is 6.04 Å². The van der Waals surface area contributed by atoms with Crippen molar-refractivity contribution in [3.05, 3.63) is 29.3 Å². The van der Waals surface area contributed by atoms with Crippen molar-refractivity contribution in [2.45, 2.75) is 39.3 Å².